The summed E-state index contributed by atoms with van der Waals surface area (Å²) >= 11 is 0. The van der Waals surface area contributed by atoms with Gasteiger partial charge in [-0.3, -0.25) is 0 Å². The molecule has 0 bridgehead atoms. The summed E-state index contributed by atoms with van der Waals surface area (Å²) < 4.78 is 11.1. The van der Waals surface area contributed by atoms with Crippen molar-refractivity contribution in [1.82, 2.24) is 0 Å². The molecule has 0 aromatic heterocycles. The number of oxime groups is 1. The Kier molecular flexibility index (Phi) is 7.73. The zero-order chi connectivity index (χ0) is 14.8. The first-order chi connectivity index (χ1) is 9.61. The molecule has 20 heavy (non-hydrogen) atoms. The lowest BCUT2D eigenvalue weighted by Crippen LogP contribution is -2.08. The Morgan fingerprint density at radius 3 is 2.45 bits per heavy atom. The quantitative estimate of drug-likeness (QED) is 0.326. The van der Waals surface area contributed by atoms with Gasteiger partial charge < -0.3 is 14.7 Å². The second-order valence-corrected chi connectivity index (χ2v) is 5.30. The molecular formula is C16H25NO3. The third kappa shape index (κ3) is 7.14. The fourth-order valence-electron chi connectivity index (χ4n) is 1.67. The van der Waals surface area contributed by atoms with E-state index in [1.165, 1.54) is 0 Å². The first kappa shape index (κ1) is 16.5. The summed E-state index contributed by atoms with van der Waals surface area (Å²) in [5.41, 5.74) is 1.79. The zero-order valence-electron chi connectivity index (χ0n) is 12.6. The lowest BCUT2D eigenvalue weighted by molar-refractivity contribution is 0.0926. The van der Waals surface area contributed by atoms with E-state index in [2.05, 4.69) is 19.0 Å². The van der Waals surface area contributed by atoms with Crippen molar-refractivity contribution in [3.05, 3.63) is 29.8 Å². The Labute approximate surface area is 121 Å². The summed E-state index contributed by atoms with van der Waals surface area (Å²) in [6.45, 7) is 8.13. The highest BCUT2D eigenvalue weighted by atomic mass is 16.5. The summed E-state index contributed by atoms with van der Waals surface area (Å²) in [5, 5.41) is 11.8. The van der Waals surface area contributed by atoms with E-state index in [9.17, 15) is 0 Å². The van der Waals surface area contributed by atoms with Gasteiger partial charge in [0.2, 0.25) is 0 Å². The van der Waals surface area contributed by atoms with Gasteiger partial charge in [-0.2, -0.15) is 0 Å². The summed E-state index contributed by atoms with van der Waals surface area (Å²) in [5.74, 6) is 1.51. The van der Waals surface area contributed by atoms with E-state index in [0.29, 0.717) is 31.3 Å². The Bertz CT molecular complexity index is 399. The van der Waals surface area contributed by atoms with Gasteiger partial charge in [-0.1, -0.05) is 31.1 Å². The molecular weight excluding hydrogens is 254 g/mol. The maximum Gasteiger partial charge on any atom is 0.119 e. The van der Waals surface area contributed by atoms with Crippen LogP contribution in [-0.4, -0.2) is 30.7 Å². The predicted molar refractivity (Wildman–Crippen MR) is 80.8 cm³/mol. The number of ether oxygens (including phenoxy) is 2. The molecule has 0 aliphatic heterocycles. The average Bonchev–Trinajstić information content (AvgIpc) is 2.44. The highest BCUT2D eigenvalue weighted by molar-refractivity contribution is 5.83. The van der Waals surface area contributed by atoms with Crippen LogP contribution in [0.2, 0.25) is 0 Å². The number of hydrogen-bond donors (Lipinski definition) is 1. The molecule has 4 heteroatoms. The van der Waals surface area contributed by atoms with E-state index < -0.39 is 0 Å². The van der Waals surface area contributed by atoms with Crippen molar-refractivity contribution in [2.75, 3.05) is 19.8 Å². The van der Waals surface area contributed by atoms with E-state index in [-0.39, 0.29) is 0 Å². The Morgan fingerprint density at radius 2 is 1.85 bits per heavy atom. The van der Waals surface area contributed by atoms with Gasteiger partial charge in [0.1, 0.15) is 12.4 Å². The van der Waals surface area contributed by atoms with Gasteiger partial charge in [0, 0.05) is 13.0 Å². The van der Waals surface area contributed by atoms with Gasteiger partial charge in [-0.15, -0.1) is 0 Å². The molecule has 4 nitrogen and oxygen atoms in total. The predicted octanol–water partition coefficient (Wildman–Crippen LogP) is 3.52. The van der Waals surface area contributed by atoms with Crippen molar-refractivity contribution in [3.63, 3.8) is 0 Å². The number of nitrogens with zero attached hydrogens (tertiary/aromatic N) is 1. The maximum absolute atomic E-state index is 8.62. The molecule has 0 spiro atoms. The molecule has 1 rings (SSSR count). The van der Waals surface area contributed by atoms with E-state index in [1.54, 1.807) is 6.92 Å². The maximum atomic E-state index is 8.62. The van der Waals surface area contributed by atoms with Crippen molar-refractivity contribution in [3.8, 4) is 5.75 Å². The summed E-state index contributed by atoms with van der Waals surface area (Å²) in [7, 11) is 0. The van der Waals surface area contributed by atoms with Gasteiger partial charge in [0.25, 0.3) is 0 Å². The Balaban J connectivity index is 2.21. The molecule has 0 fully saturated rings. The van der Waals surface area contributed by atoms with E-state index in [4.69, 9.17) is 14.7 Å². The lowest BCUT2D eigenvalue weighted by atomic mass is 10.1. The van der Waals surface area contributed by atoms with Crippen LogP contribution >= 0.6 is 0 Å². The molecule has 0 heterocycles. The standard InChI is InChI=1S/C16H25NO3/c1-13(2)8-9-19-10-11-20-16-6-4-15(5-7-16)12-14(3)17-18/h4-7,13,18H,8-12H2,1-3H3/b17-14+. The van der Waals surface area contributed by atoms with Crippen molar-refractivity contribution < 1.29 is 14.7 Å². The Morgan fingerprint density at radius 1 is 1.15 bits per heavy atom. The molecule has 0 aliphatic rings. The normalized spacial score (nSPS) is 11.9. The third-order valence-corrected chi connectivity index (χ3v) is 2.89. The largest absolute Gasteiger partial charge is 0.491 e. The first-order valence-corrected chi connectivity index (χ1v) is 7.09. The zero-order valence-corrected chi connectivity index (χ0v) is 12.6. The van der Waals surface area contributed by atoms with Crippen LogP contribution in [0.25, 0.3) is 0 Å². The van der Waals surface area contributed by atoms with Gasteiger partial charge in [-0.25, -0.2) is 0 Å². The van der Waals surface area contributed by atoms with Crippen LogP contribution in [0.3, 0.4) is 0 Å². The molecule has 1 N–H and O–H groups in total. The van der Waals surface area contributed by atoms with Gasteiger partial charge in [0.15, 0.2) is 0 Å². The second kappa shape index (κ2) is 9.37. The Hall–Kier alpha value is -1.55. The highest BCUT2D eigenvalue weighted by Gasteiger charge is 1.99. The number of rotatable bonds is 9. The van der Waals surface area contributed by atoms with E-state index in [1.807, 2.05) is 24.3 Å². The summed E-state index contributed by atoms with van der Waals surface area (Å²) in [6.07, 6.45) is 1.73. The fraction of sp³-hybridized carbons (Fsp3) is 0.562. The minimum atomic E-state index is 0.564. The topological polar surface area (TPSA) is 51.0 Å². The molecule has 0 unspecified atom stereocenters. The number of hydrogen-bond acceptors (Lipinski definition) is 4. The number of benzene rings is 1. The van der Waals surface area contributed by atoms with E-state index >= 15 is 0 Å². The van der Waals surface area contributed by atoms with Crippen molar-refractivity contribution in [1.29, 1.82) is 0 Å². The van der Waals surface area contributed by atoms with Crippen LogP contribution in [0.4, 0.5) is 0 Å². The molecule has 0 radical (unpaired) electrons. The van der Waals surface area contributed by atoms with Crippen molar-refractivity contribution in [2.45, 2.75) is 33.6 Å². The minimum absolute atomic E-state index is 0.564. The van der Waals surface area contributed by atoms with Crippen LogP contribution in [-0.2, 0) is 11.2 Å². The SMILES string of the molecule is C/C(Cc1ccc(OCCOCCC(C)C)cc1)=N\O. The van der Waals surface area contributed by atoms with Crippen LogP contribution < -0.4 is 4.74 Å². The molecule has 0 saturated carbocycles. The van der Waals surface area contributed by atoms with Crippen molar-refractivity contribution in [2.24, 2.45) is 11.1 Å². The molecule has 0 aliphatic carbocycles. The molecule has 0 amide bonds. The molecule has 1 aromatic carbocycles. The minimum Gasteiger partial charge on any atom is -0.491 e. The lowest BCUT2D eigenvalue weighted by Gasteiger charge is -2.09. The average molecular weight is 279 g/mol. The van der Waals surface area contributed by atoms with Crippen LogP contribution in [0.5, 0.6) is 5.75 Å². The molecule has 0 atom stereocenters. The summed E-state index contributed by atoms with van der Waals surface area (Å²) in [6, 6.07) is 7.80. The van der Waals surface area contributed by atoms with Crippen LogP contribution in [0.1, 0.15) is 32.8 Å². The van der Waals surface area contributed by atoms with Gasteiger partial charge >= 0.3 is 0 Å². The van der Waals surface area contributed by atoms with Crippen LogP contribution in [0, 0.1) is 5.92 Å². The molecule has 1 aromatic rings. The third-order valence-electron chi connectivity index (χ3n) is 2.89. The van der Waals surface area contributed by atoms with E-state index in [0.717, 1.165) is 24.3 Å². The monoisotopic (exact) mass is 279 g/mol. The summed E-state index contributed by atoms with van der Waals surface area (Å²) in [4.78, 5) is 0. The smallest absolute Gasteiger partial charge is 0.119 e. The van der Waals surface area contributed by atoms with Crippen molar-refractivity contribution >= 4 is 5.71 Å². The molecule has 112 valence electrons. The van der Waals surface area contributed by atoms with Gasteiger partial charge in [0.05, 0.1) is 12.3 Å². The van der Waals surface area contributed by atoms with Gasteiger partial charge in [-0.05, 0) is 37.0 Å². The second-order valence-electron chi connectivity index (χ2n) is 5.30. The fourth-order valence-corrected chi connectivity index (χ4v) is 1.67. The molecule has 0 saturated heterocycles. The van der Waals surface area contributed by atoms with Crippen LogP contribution in [0.15, 0.2) is 29.4 Å². The first-order valence-electron chi connectivity index (χ1n) is 7.09. The highest BCUT2D eigenvalue weighted by Crippen LogP contribution is 2.13.